The number of rotatable bonds is 4. The summed E-state index contributed by atoms with van der Waals surface area (Å²) in [5.74, 6) is 0.474. The summed E-state index contributed by atoms with van der Waals surface area (Å²) in [4.78, 5) is 17.7. The average Bonchev–Trinajstić information content (AvgIpc) is 3.04. The van der Waals surface area contributed by atoms with Crippen LogP contribution in [0, 0.1) is 13.8 Å². The molecule has 140 valence electrons. The standard InChI is InChI=1S/C22H20N4O2/c1-14-12-19(22(27)24-16-8-7-11-18(13-16)28-3)20-15(2)25-26(21(20)23-14)17-9-5-4-6-10-17/h4-13H,1-3H3,(H,24,27). The number of aryl methyl sites for hydroxylation is 2. The fourth-order valence-electron chi connectivity index (χ4n) is 3.24. The van der Waals surface area contributed by atoms with Gasteiger partial charge in [-0.25, -0.2) is 9.67 Å². The first-order chi connectivity index (χ1) is 13.6. The van der Waals surface area contributed by atoms with Crippen LogP contribution in [0.3, 0.4) is 0 Å². The minimum absolute atomic E-state index is 0.209. The maximum atomic E-state index is 13.1. The molecule has 2 aromatic heterocycles. The van der Waals surface area contributed by atoms with E-state index in [1.54, 1.807) is 23.9 Å². The Balaban J connectivity index is 1.81. The van der Waals surface area contributed by atoms with Gasteiger partial charge in [-0.3, -0.25) is 4.79 Å². The number of nitrogens with zero attached hydrogens (tertiary/aromatic N) is 3. The molecule has 0 fully saturated rings. The molecule has 0 radical (unpaired) electrons. The molecule has 0 aliphatic carbocycles. The van der Waals surface area contributed by atoms with Crippen molar-refractivity contribution in [1.82, 2.24) is 14.8 Å². The number of amides is 1. The molecule has 0 spiro atoms. The minimum atomic E-state index is -0.209. The van der Waals surface area contributed by atoms with E-state index in [1.807, 2.05) is 62.4 Å². The highest BCUT2D eigenvalue weighted by Gasteiger charge is 2.19. The Labute approximate surface area is 162 Å². The fraction of sp³-hybridized carbons (Fsp3) is 0.136. The lowest BCUT2D eigenvalue weighted by molar-refractivity contribution is 0.102. The molecule has 4 aromatic rings. The van der Waals surface area contributed by atoms with Gasteiger partial charge in [-0.05, 0) is 44.2 Å². The van der Waals surface area contributed by atoms with Gasteiger partial charge in [-0.1, -0.05) is 24.3 Å². The summed E-state index contributed by atoms with van der Waals surface area (Å²) >= 11 is 0. The van der Waals surface area contributed by atoms with Crippen molar-refractivity contribution in [2.24, 2.45) is 0 Å². The summed E-state index contributed by atoms with van der Waals surface area (Å²) in [6.45, 7) is 3.76. The second-order valence-corrected chi connectivity index (χ2v) is 6.53. The summed E-state index contributed by atoms with van der Waals surface area (Å²) in [7, 11) is 1.60. The summed E-state index contributed by atoms with van der Waals surface area (Å²) in [6, 6.07) is 18.8. The number of hydrogen-bond acceptors (Lipinski definition) is 4. The average molecular weight is 372 g/mol. The molecule has 6 heteroatoms. The summed E-state index contributed by atoms with van der Waals surface area (Å²) in [5.41, 5.74) is 4.28. The largest absolute Gasteiger partial charge is 0.497 e. The summed E-state index contributed by atoms with van der Waals surface area (Å²) < 4.78 is 7.01. The zero-order chi connectivity index (χ0) is 19.7. The predicted octanol–water partition coefficient (Wildman–Crippen LogP) is 4.30. The Hall–Kier alpha value is -3.67. The van der Waals surface area contributed by atoms with Crippen molar-refractivity contribution in [2.45, 2.75) is 13.8 Å². The number of fused-ring (bicyclic) bond motifs is 1. The third-order valence-electron chi connectivity index (χ3n) is 4.51. The van der Waals surface area contributed by atoms with Gasteiger partial charge in [0.1, 0.15) is 5.75 Å². The highest BCUT2D eigenvalue weighted by Crippen LogP contribution is 2.26. The van der Waals surface area contributed by atoms with Crippen LogP contribution >= 0.6 is 0 Å². The molecule has 0 unspecified atom stereocenters. The Kier molecular flexibility index (Phi) is 4.53. The van der Waals surface area contributed by atoms with Crippen LogP contribution in [0.25, 0.3) is 16.7 Å². The van der Waals surface area contributed by atoms with Crippen LogP contribution in [0.2, 0.25) is 0 Å². The van der Waals surface area contributed by atoms with Crippen LogP contribution in [-0.4, -0.2) is 27.8 Å². The number of nitrogens with one attached hydrogen (secondary N) is 1. The van der Waals surface area contributed by atoms with Crippen LogP contribution in [0.1, 0.15) is 21.7 Å². The SMILES string of the molecule is COc1cccc(NC(=O)c2cc(C)nc3c2c(C)nn3-c2ccccc2)c1. The molecule has 0 atom stereocenters. The third-order valence-corrected chi connectivity index (χ3v) is 4.51. The van der Waals surface area contributed by atoms with Crippen LogP contribution in [-0.2, 0) is 0 Å². The van der Waals surface area contributed by atoms with Crippen molar-refractivity contribution >= 4 is 22.6 Å². The number of carbonyl (C=O) groups excluding carboxylic acids is 1. The van der Waals surface area contributed by atoms with Gasteiger partial charge in [0, 0.05) is 17.4 Å². The van der Waals surface area contributed by atoms with Crippen molar-refractivity contribution in [3.8, 4) is 11.4 Å². The van der Waals surface area contributed by atoms with E-state index in [-0.39, 0.29) is 5.91 Å². The number of para-hydroxylation sites is 1. The van der Waals surface area contributed by atoms with E-state index in [4.69, 9.17) is 4.74 Å². The number of methoxy groups -OCH3 is 1. The number of anilines is 1. The second-order valence-electron chi connectivity index (χ2n) is 6.53. The maximum absolute atomic E-state index is 13.1. The highest BCUT2D eigenvalue weighted by molar-refractivity contribution is 6.12. The zero-order valence-corrected chi connectivity index (χ0v) is 15.9. The van der Waals surface area contributed by atoms with Crippen LogP contribution in [0.4, 0.5) is 5.69 Å². The normalized spacial score (nSPS) is 10.8. The van der Waals surface area contributed by atoms with Crippen LogP contribution < -0.4 is 10.1 Å². The molecule has 0 aliphatic heterocycles. The molecule has 2 aromatic carbocycles. The molecule has 2 heterocycles. The van der Waals surface area contributed by atoms with Crippen molar-refractivity contribution in [1.29, 1.82) is 0 Å². The topological polar surface area (TPSA) is 69.0 Å². The first-order valence-corrected chi connectivity index (χ1v) is 8.94. The smallest absolute Gasteiger partial charge is 0.256 e. The quantitative estimate of drug-likeness (QED) is 0.580. The van der Waals surface area contributed by atoms with Crippen molar-refractivity contribution in [2.75, 3.05) is 12.4 Å². The van der Waals surface area contributed by atoms with E-state index in [1.165, 1.54) is 0 Å². The van der Waals surface area contributed by atoms with Gasteiger partial charge < -0.3 is 10.1 Å². The number of benzene rings is 2. The van der Waals surface area contributed by atoms with E-state index in [0.29, 0.717) is 22.6 Å². The van der Waals surface area contributed by atoms with E-state index >= 15 is 0 Å². The molecule has 6 nitrogen and oxygen atoms in total. The van der Waals surface area contributed by atoms with Crippen LogP contribution in [0.15, 0.2) is 60.7 Å². The maximum Gasteiger partial charge on any atom is 0.256 e. The van der Waals surface area contributed by atoms with Crippen molar-refractivity contribution in [3.05, 3.63) is 77.6 Å². The van der Waals surface area contributed by atoms with E-state index in [2.05, 4.69) is 15.4 Å². The number of hydrogen-bond donors (Lipinski definition) is 1. The molecule has 1 amide bonds. The number of aromatic nitrogens is 3. The van der Waals surface area contributed by atoms with E-state index in [9.17, 15) is 4.79 Å². The summed E-state index contributed by atoms with van der Waals surface area (Å²) in [6.07, 6.45) is 0. The predicted molar refractivity (Wildman–Crippen MR) is 109 cm³/mol. The lowest BCUT2D eigenvalue weighted by atomic mass is 10.1. The first-order valence-electron chi connectivity index (χ1n) is 8.94. The second kappa shape index (κ2) is 7.15. The first kappa shape index (κ1) is 17.7. The lowest BCUT2D eigenvalue weighted by Crippen LogP contribution is -2.13. The van der Waals surface area contributed by atoms with Gasteiger partial charge in [0.15, 0.2) is 5.65 Å². The number of carbonyl (C=O) groups is 1. The Morgan fingerprint density at radius 3 is 2.57 bits per heavy atom. The van der Waals surface area contributed by atoms with E-state index in [0.717, 1.165) is 22.5 Å². The van der Waals surface area contributed by atoms with Gasteiger partial charge in [0.05, 0.1) is 29.4 Å². The number of ether oxygens (including phenoxy) is 1. The molecule has 28 heavy (non-hydrogen) atoms. The molecular formula is C22H20N4O2. The molecule has 0 bridgehead atoms. The molecule has 0 aliphatic rings. The molecule has 0 saturated carbocycles. The third kappa shape index (κ3) is 3.20. The van der Waals surface area contributed by atoms with Gasteiger partial charge in [0.25, 0.3) is 5.91 Å². The molecule has 4 rings (SSSR count). The molecule has 0 saturated heterocycles. The lowest BCUT2D eigenvalue weighted by Gasteiger charge is -2.09. The van der Waals surface area contributed by atoms with Gasteiger partial charge >= 0.3 is 0 Å². The Bertz CT molecular complexity index is 1170. The fourth-order valence-corrected chi connectivity index (χ4v) is 3.24. The number of pyridine rings is 1. The van der Waals surface area contributed by atoms with Gasteiger partial charge in [0.2, 0.25) is 0 Å². The monoisotopic (exact) mass is 372 g/mol. The van der Waals surface area contributed by atoms with Gasteiger partial charge in [-0.2, -0.15) is 5.10 Å². The Morgan fingerprint density at radius 1 is 1.04 bits per heavy atom. The molecule has 1 N–H and O–H groups in total. The van der Waals surface area contributed by atoms with Crippen molar-refractivity contribution < 1.29 is 9.53 Å². The minimum Gasteiger partial charge on any atom is -0.497 e. The van der Waals surface area contributed by atoms with E-state index < -0.39 is 0 Å². The Morgan fingerprint density at radius 2 is 1.82 bits per heavy atom. The zero-order valence-electron chi connectivity index (χ0n) is 15.9. The van der Waals surface area contributed by atoms with Crippen LogP contribution in [0.5, 0.6) is 5.75 Å². The molecular weight excluding hydrogens is 352 g/mol. The van der Waals surface area contributed by atoms with Gasteiger partial charge in [-0.15, -0.1) is 0 Å². The van der Waals surface area contributed by atoms with Crippen molar-refractivity contribution in [3.63, 3.8) is 0 Å². The summed E-state index contributed by atoms with van der Waals surface area (Å²) in [5, 5.41) is 8.32. The highest BCUT2D eigenvalue weighted by atomic mass is 16.5.